The van der Waals surface area contributed by atoms with Crippen LogP contribution in [0.2, 0.25) is 5.02 Å². The average Bonchev–Trinajstić information content (AvgIpc) is 3.65. The Hall–Kier alpha value is -3.40. The first-order chi connectivity index (χ1) is 16.8. The molecule has 9 nitrogen and oxygen atoms in total. The molecular weight excluding hydrogens is 477 g/mol. The van der Waals surface area contributed by atoms with Gasteiger partial charge in [0.2, 0.25) is 5.91 Å². The van der Waals surface area contributed by atoms with Crippen molar-refractivity contribution in [2.24, 2.45) is 16.6 Å². The molecule has 4 N–H and O–H groups in total. The smallest absolute Gasteiger partial charge is 0.343 e. The van der Waals surface area contributed by atoms with Crippen LogP contribution < -0.4 is 21.3 Å². The molecule has 188 valence electrons. The maximum Gasteiger partial charge on any atom is 0.343 e. The second-order valence-corrected chi connectivity index (χ2v) is 8.91. The minimum Gasteiger partial charge on any atom is -0.465 e. The number of hydrogen-bond acceptors (Lipinski definition) is 7. The van der Waals surface area contributed by atoms with Gasteiger partial charge < -0.3 is 26.0 Å². The Balaban J connectivity index is 1.54. The highest BCUT2D eigenvalue weighted by atomic mass is 35.5. The zero-order valence-electron chi connectivity index (χ0n) is 19.5. The molecule has 1 saturated heterocycles. The molecule has 3 rings (SSSR count). The molecule has 0 bridgehead atoms. The van der Waals surface area contributed by atoms with Crippen LogP contribution in [0.1, 0.15) is 36.0 Å². The number of carbonyl (C=O) groups is 3. The number of rotatable bonds is 9. The van der Waals surface area contributed by atoms with E-state index in [1.165, 1.54) is 25.6 Å². The van der Waals surface area contributed by atoms with E-state index in [4.69, 9.17) is 22.1 Å². The van der Waals surface area contributed by atoms with Gasteiger partial charge in [-0.05, 0) is 43.7 Å². The van der Waals surface area contributed by atoms with E-state index in [9.17, 15) is 18.8 Å². The number of nitrogens with one attached hydrogen (secondary N) is 2. The highest BCUT2D eigenvalue weighted by Gasteiger charge is 2.51. The number of hydrogen-bond donors (Lipinski definition) is 3. The predicted octanol–water partition coefficient (Wildman–Crippen LogP) is 2.30. The van der Waals surface area contributed by atoms with Crippen LogP contribution in [0.25, 0.3) is 0 Å². The van der Waals surface area contributed by atoms with Crippen molar-refractivity contribution in [1.29, 1.82) is 0 Å². The molecule has 2 fully saturated rings. The van der Waals surface area contributed by atoms with Crippen molar-refractivity contribution in [2.75, 3.05) is 31.6 Å². The van der Waals surface area contributed by atoms with E-state index in [1.54, 1.807) is 6.07 Å². The topological polar surface area (TPSA) is 126 Å². The Morgan fingerprint density at radius 2 is 2.03 bits per heavy atom. The first-order valence-electron chi connectivity index (χ1n) is 11.2. The Bertz CT molecular complexity index is 1060. The Morgan fingerprint density at radius 1 is 1.34 bits per heavy atom. The van der Waals surface area contributed by atoms with Crippen LogP contribution in [0.4, 0.5) is 10.1 Å². The molecule has 0 radical (unpaired) electrons. The monoisotopic (exact) mass is 505 g/mol. The van der Waals surface area contributed by atoms with E-state index in [0.29, 0.717) is 38.2 Å². The number of amides is 2. The predicted molar refractivity (Wildman–Crippen MR) is 132 cm³/mol. The second-order valence-electron chi connectivity index (χ2n) is 8.51. The molecule has 1 aliphatic carbocycles. The number of halogens is 2. The van der Waals surface area contributed by atoms with Gasteiger partial charge in [0.15, 0.2) is 5.82 Å². The van der Waals surface area contributed by atoms with E-state index in [2.05, 4.69) is 22.2 Å². The van der Waals surface area contributed by atoms with Gasteiger partial charge in [0.25, 0.3) is 5.91 Å². The summed E-state index contributed by atoms with van der Waals surface area (Å²) in [4.78, 5) is 43.1. The number of aliphatic imine (C=N–C) groups is 1. The van der Waals surface area contributed by atoms with Gasteiger partial charge in [0, 0.05) is 38.2 Å². The summed E-state index contributed by atoms with van der Waals surface area (Å²) in [7, 11) is 1.19. The Kier molecular flexibility index (Phi) is 8.50. The SMILES string of the molecule is C=C/N=C\C(=C/N)C(=O)NC1(C(=O)NCC2CCN(c3ccc(Cl)c(F)c3C(=O)OC)CC2)CC1. The number of esters is 1. The number of carbonyl (C=O) groups excluding carboxylic acids is 3. The average molecular weight is 506 g/mol. The van der Waals surface area contributed by atoms with Crippen LogP contribution in [0.15, 0.2) is 41.7 Å². The molecule has 1 aliphatic heterocycles. The lowest BCUT2D eigenvalue weighted by Gasteiger charge is -2.34. The van der Waals surface area contributed by atoms with Crippen molar-refractivity contribution in [2.45, 2.75) is 31.2 Å². The van der Waals surface area contributed by atoms with E-state index >= 15 is 0 Å². The third-order valence-corrected chi connectivity index (χ3v) is 6.56. The quantitative estimate of drug-likeness (QED) is 0.268. The van der Waals surface area contributed by atoms with Crippen LogP contribution in [0.3, 0.4) is 0 Å². The number of nitrogens with zero attached hydrogens (tertiary/aromatic N) is 2. The van der Waals surface area contributed by atoms with Gasteiger partial charge in [-0.1, -0.05) is 18.2 Å². The maximum atomic E-state index is 14.5. The van der Waals surface area contributed by atoms with E-state index in [0.717, 1.165) is 19.0 Å². The highest BCUT2D eigenvalue weighted by molar-refractivity contribution is 6.31. The van der Waals surface area contributed by atoms with Gasteiger partial charge in [-0.3, -0.25) is 14.6 Å². The first kappa shape index (κ1) is 26.2. The minimum atomic E-state index is -0.940. The lowest BCUT2D eigenvalue weighted by Crippen LogP contribution is -2.51. The summed E-state index contributed by atoms with van der Waals surface area (Å²) in [6, 6.07) is 3.03. The van der Waals surface area contributed by atoms with Crippen molar-refractivity contribution in [3.8, 4) is 0 Å². The number of piperidine rings is 1. The second kappa shape index (κ2) is 11.4. The maximum absolute atomic E-state index is 14.5. The molecule has 1 aromatic carbocycles. The molecule has 1 saturated carbocycles. The molecular formula is C24H29ClFN5O4. The molecule has 2 aliphatic rings. The molecule has 1 heterocycles. The summed E-state index contributed by atoms with van der Waals surface area (Å²) in [5, 5.41) is 5.56. The zero-order chi connectivity index (χ0) is 25.6. The van der Waals surface area contributed by atoms with Crippen LogP contribution in [0.5, 0.6) is 0 Å². The largest absolute Gasteiger partial charge is 0.465 e. The fourth-order valence-electron chi connectivity index (χ4n) is 4.02. The summed E-state index contributed by atoms with van der Waals surface area (Å²) in [5.41, 5.74) is 4.94. The van der Waals surface area contributed by atoms with Crippen molar-refractivity contribution in [1.82, 2.24) is 10.6 Å². The van der Waals surface area contributed by atoms with Gasteiger partial charge in [0.1, 0.15) is 11.1 Å². The van der Waals surface area contributed by atoms with Crippen LogP contribution in [0, 0.1) is 11.7 Å². The number of nitrogens with two attached hydrogens (primary N) is 1. The third-order valence-electron chi connectivity index (χ3n) is 6.27. The molecule has 2 amide bonds. The molecule has 0 aromatic heterocycles. The third kappa shape index (κ3) is 6.00. The van der Waals surface area contributed by atoms with E-state index in [-0.39, 0.29) is 28.0 Å². The van der Waals surface area contributed by atoms with Crippen LogP contribution >= 0.6 is 11.6 Å². The molecule has 0 unspecified atom stereocenters. The zero-order valence-corrected chi connectivity index (χ0v) is 20.2. The summed E-state index contributed by atoms with van der Waals surface area (Å²) in [6.45, 7) is 5.03. The lowest BCUT2D eigenvalue weighted by molar-refractivity contribution is -0.128. The van der Waals surface area contributed by atoms with Gasteiger partial charge in [-0.15, -0.1) is 0 Å². The van der Waals surface area contributed by atoms with Crippen LogP contribution in [-0.4, -0.2) is 56.3 Å². The molecule has 1 aromatic rings. The van der Waals surface area contributed by atoms with Crippen LogP contribution in [-0.2, 0) is 14.3 Å². The van der Waals surface area contributed by atoms with Crippen molar-refractivity contribution >= 4 is 41.3 Å². The van der Waals surface area contributed by atoms with Gasteiger partial charge in [-0.2, -0.15) is 0 Å². The lowest BCUT2D eigenvalue weighted by atomic mass is 9.95. The number of benzene rings is 1. The van der Waals surface area contributed by atoms with Crippen molar-refractivity contribution < 1.29 is 23.5 Å². The normalized spacial score (nSPS) is 17.7. The Labute approximate surface area is 208 Å². The fraction of sp³-hybridized carbons (Fsp3) is 0.417. The van der Waals surface area contributed by atoms with Gasteiger partial charge >= 0.3 is 5.97 Å². The standard InChI is InChI=1S/C24H29ClFN5O4/c1-3-28-14-16(12-27)21(32)30-24(8-9-24)23(34)29-13-15-6-10-31(11-7-15)18-5-4-17(25)20(26)19(18)22(33)35-2/h3-5,12,14-15H,1,6-11,13,27H2,2H3,(H,29,34)(H,30,32)/b16-12+,28-14-. The molecule has 0 atom stereocenters. The minimum absolute atomic E-state index is 0.140. The number of methoxy groups -OCH3 is 1. The van der Waals surface area contributed by atoms with Gasteiger partial charge in [-0.25, -0.2) is 9.18 Å². The number of anilines is 1. The van der Waals surface area contributed by atoms with Crippen molar-refractivity contribution in [3.05, 3.63) is 53.1 Å². The van der Waals surface area contributed by atoms with Gasteiger partial charge in [0.05, 0.1) is 23.4 Å². The molecule has 11 heteroatoms. The van der Waals surface area contributed by atoms with Crippen molar-refractivity contribution in [3.63, 3.8) is 0 Å². The Morgan fingerprint density at radius 3 is 2.60 bits per heavy atom. The van der Waals surface area contributed by atoms with E-state index in [1.807, 2.05) is 4.90 Å². The fourth-order valence-corrected chi connectivity index (χ4v) is 4.18. The summed E-state index contributed by atoms with van der Waals surface area (Å²) in [6.07, 6.45) is 6.22. The summed E-state index contributed by atoms with van der Waals surface area (Å²) in [5.74, 6) is -2.10. The first-order valence-corrected chi connectivity index (χ1v) is 11.6. The molecule has 0 spiro atoms. The summed E-state index contributed by atoms with van der Waals surface area (Å²) < 4.78 is 19.3. The summed E-state index contributed by atoms with van der Waals surface area (Å²) >= 11 is 5.85. The van der Waals surface area contributed by atoms with E-state index < -0.39 is 23.2 Å². The highest BCUT2D eigenvalue weighted by Crippen LogP contribution is 2.36. The molecule has 35 heavy (non-hydrogen) atoms. The number of ether oxygens (including phenoxy) is 1.